The minimum absolute atomic E-state index is 0.0798. The first-order valence-electron chi connectivity index (χ1n) is 10.1. The van der Waals surface area contributed by atoms with Crippen LogP contribution in [0.25, 0.3) is 5.57 Å². The van der Waals surface area contributed by atoms with Gasteiger partial charge in [0.05, 0.1) is 12.7 Å². The number of hydrogen-bond donors (Lipinski definition) is 3. The minimum atomic E-state index is -4.80. The highest BCUT2D eigenvalue weighted by atomic mass is 19.4. The van der Waals surface area contributed by atoms with Gasteiger partial charge in [-0.25, -0.2) is 9.18 Å². The van der Waals surface area contributed by atoms with Crippen molar-refractivity contribution in [3.63, 3.8) is 0 Å². The van der Waals surface area contributed by atoms with Crippen LogP contribution in [0.2, 0.25) is 0 Å². The molecule has 0 fully saturated rings. The Bertz CT molecular complexity index is 1040. The maximum Gasteiger partial charge on any atom is 0.573 e. The minimum Gasteiger partial charge on any atom is -0.406 e. The number of aliphatic hydroxyl groups is 2. The number of nitrogens with one attached hydrogen (secondary N) is 1. The van der Waals surface area contributed by atoms with Crippen LogP contribution in [0, 0.1) is 12.7 Å². The molecule has 0 aliphatic carbocycles. The maximum absolute atomic E-state index is 14.5. The number of urea groups is 1. The van der Waals surface area contributed by atoms with Gasteiger partial charge < -0.3 is 25.2 Å². The van der Waals surface area contributed by atoms with Crippen LogP contribution in [-0.4, -0.2) is 58.3 Å². The molecule has 0 bridgehead atoms. The average Bonchev–Trinajstić information content (AvgIpc) is 2.75. The van der Waals surface area contributed by atoms with Crippen LogP contribution in [0.5, 0.6) is 5.75 Å². The third kappa shape index (κ3) is 6.65. The molecule has 3 rings (SSSR count). The molecule has 3 N–H and O–H groups in total. The number of amides is 2. The van der Waals surface area contributed by atoms with E-state index in [1.807, 2.05) is 0 Å². The number of halogens is 4. The van der Waals surface area contributed by atoms with E-state index in [2.05, 4.69) is 15.0 Å². The van der Waals surface area contributed by atoms with Crippen molar-refractivity contribution in [3.05, 3.63) is 59.2 Å². The van der Waals surface area contributed by atoms with E-state index in [-0.39, 0.29) is 36.5 Å². The maximum atomic E-state index is 14.5. The fourth-order valence-electron chi connectivity index (χ4n) is 3.40. The summed E-state index contributed by atoms with van der Waals surface area (Å²) in [7, 11) is 0. The number of alkyl halides is 3. The Balaban J connectivity index is 1.61. The van der Waals surface area contributed by atoms with E-state index in [9.17, 15) is 27.5 Å². The normalized spacial score (nSPS) is 15.1. The van der Waals surface area contributed by atoms with Gasteiger partial charge in [0.25, 0.3) is 0 Å². The fraction of sp³-hybridized carbons (Fsp3) is 0.364. The standard InChI is InChI=1S/C22H23F4N3O4/c1-13-8-16(2-3-19(13)33-22(24,25)26)28-21(32)29-6-4-15(5-7-29)20-18(23)10-14(11-27-20)9-17(31)12-30/h2-4,8,10-11,17,30-31H,5-7,9,12H2,1H3,(H,28,32)/t17-/m0/s1. The molecule has 7 nitrogen and oxygen atoms in total. The number of aromatic nitrogens is 1. The molecule has 11 heteroatoms. The van der Waals surface area contributed by atoms with Crippen molar-refractivity contribution in [1.82, 2.24) is 9.88 Å². The van der Waals surface area contributed by atoms with E-state index < -0.39 is 30.9 Å². The second-order valence-corrected chi connectivity index (χ2v) is 7.60. The summed E-state index contributed by atoms with van der Waals surface area (Å²) in [4.78, 5) is 18.1. The van der Waals surface area contributed by atoms with E-state index in [4.69, 9.17) is 5.11 Å². The molecule has 0 saturated carbocycles. The Morgan fingerprint density at radius 2 is 2.09 bits per heavy atom. The van der Waals surface area contributed by atoms with Crippen LogP contribution < -0.4 is 10.1 Å². The van der Waals surface area contributed by atoms with Crippen LogP contribution in [0.4, 0.5) is 28.0 Å². The molecule has 1 aromatic heterocycles. The summed E-state index contributed by atoms with van der Waals surface area (Å²) in [5.41, 5.74) is 1.78. The molecule has 2 aromatic rings. The van der Waals surface area contributed by atoms with Crippen molar-refractivity contribution in [2.45, 2.75) is 32.2 Å². The molecule has 178 valence electrons. The van der Waals surface area contributed by atoms with Gasteiger partial charge in [-0.3, -0.25) is 4.98 Å². The fourth-order valence-corrected chi connectivity index (χ4v) is 3.40. The number of anilines is 1. The SMILES string of the molecule is Cc1cc(NC(=O)N2CC=C(c3ncc(C[C@H](O)CO)cc3F)CC2)ccc1OC(F)(F)F. The summed E-state index contributed by atoms with van der Waals surface area (Å²) >= 11 is 0. The predicted molar refractivity (Wildman–Crippen MR) is 112 cm³/mol. The zero-order valence-corrected chi connectivity index (χ0v) is 17.7. The van der Waals surface area contributed by atoms with Crippen molar-refractivity contribution >= 4 is 17.3 Å². The molecule has 1 aliphatic heterocycles. The Kier molecular flexibility index (Phi) is 7.54. The highest BCUT2D eigenvalue weighted by Gasteiger charge is 2.31. The largest absolute Gasteiger partial charge is 0.573 e. The lowest BCUT2D eigenvalue weighted by molar-refractivity contribution is -0.274. The number of carbonyl (C=O) groups is 1. The van der Waals surface area contributed by atoms with Gasteiger partial charge in [-0.2, -0.15) is 0 Å². The molecule has 1 atom stereocenters. The van der Waals surface area contributed by atoms with E-state index in [1.165, 1.54) is 36.2 Å². The number of benzene rings is 1. The first-order chi connectivity index (χ1) is 15.6. The van der Waals surface area contributed by atoms with Crippen molar-refractivity contribution < 1.29 is 37.3 Å². The van der Waals surface area contributed by atoms with E-state index in [0.29, 0.717) is 23.2 Å². The summed E-state index contributed by atoms with van der Waals surface area (Å²) in [6.45, 7) is 1.49. The summed E-state index contributed by atoms with van der Waals surface area (Å²) in [5, 5.41) is 21.0. The van der Waals surface area contributed by atoms with Crippen molar-refractivity contribution in [2.75, 3.05) is 25.0 Å². The molecule has 1 aliphatic rings. The first kappa shape index (κ1) is 24.5. The third-order valence-electron chi connectivity index (χ3n) is 5.03. The zero-order valence-electron chi connectivity index (χ0n) is 17.7. The van der Waals surface area contributed by atoms with Crippen LogP contribution in [0.3, 0.4) is 0 Å². The molecule has 0 saturated heterocycles. The lowest BCUT2D eigenvalue weighted by atomic mass is 10.0. The number of nitrogens with zero attached hydrogens (tertiary/aromatic N) is 2. The zero-order chi connectivity index (χ0) is 24.2. The molecule has 33 heavy (non-hydrogen) atoms. The Labute approximate surface area is 187 Å². The predicted octanol–water partition coefficient (Wildman–Crippen LogP) is 3.64. The quantitative estimate of drug-likeness (QED) is 0.562. The molecule has 0 radical (unpaired) electrons. The average molecular weight is 469 g/mol. The van der Waals surface area contributed by atoms with Gasteiger partial charge in [0.15, 0.2) is 0 Å². The van der Waals surface area contributed by atoms with E-state index >= 15 is 0 Å². The van der Waals surface area contributed by atoms with Crippen LogP contribution in [-0.2, 0) is 6.42 Å². The van der Waals surface area contributed by atoms with Crippen molar-refractivity contribution in [2.24, 2.45) is 0 Å². The van der Waals surface area contributed by atoms with Gasteiger partial charge in [-0.1, -0.05) is 6.08 Å². The highest BCUT2D eigenvalue weighted by Crippen LogP contribution is 2.29. The summed E-state index contributed by atoms with van der Waals surface area (Å²) < 4.78 is 55.6. The number of aryl methyl sites for hydroxylation is 1. The van der Waals surface area contributed by atoms with E-state index in [1.54, 1.807) is 6.08 Å². The van der Waals surface area contributed by atoms with Gasteiger partial charge in [-0.15, -0.1) is 13.2 Å². The van der Waals surface area contributed by atoms with Crippen LogP contribution >= 0.6 is 0 Å². The van der Waals surface area contributed by atoms with Gasteiger partial charge in [0.1, 0.15) is 17.3 Å². The monoisotopic (exact) mass is 469 g/mol. The number of aliphatic hydroxyl groups excluding tert-OH is 2. The third-order valence-corrected chi connectivity index (χ3v) is 5.03. The summed E-state index contributed by atoms with van der Waals surface area (Å²) in [6, 6.07) is 4.63. The lowest BCUT2D eigenvalue weighted by Gasteiger charge is -2.27. The Hall–Kier alpha value is -3.18. The van der Waals surface area contributed by atoms with Gasteiger partial charge in [0.2, 0.25) is 0 Å². The van der Waals surface area contributed by atoms with Gasteiger partial charge >= 0.3 is 12.4 Å². The number of hydrogen-bond acceptors (Lipinski definition) is 5. The van der Waals surface area contributed by atoms with Crippen molar-refractivity contribution in [1.29, 1.82) is 0 Å². The molecule has 2 heterocycles. The molecule has 0 unspecified atom stereocenters. The number of rotatable bonds is 6. The van der Waals surface area contributed by atoms with Crippen LogP contribution in [0.15, 0.2) is 36.5 Å². The summed E-state index contributed by atoms with van der Waals surface area (Å²) in [5.74, 6) is -0.907. The second-order valence-electron chi connectivity index (χ2n) is 7.60. The topological polar surface area (TPSA) is 94.9 Å². The Morgan fingerprint density at radius 3 is 2.67 bits per heavy atom. The highest BCUT2D eigenvalue weighted by molar-refractivity contribution is 5.90. The number of carbonyl (C=O) groups excluding carboxylic acids is 1. The molecule has 0 spiro atoms. The van der Waals surface area contributed by atoms with Gasteiger partial charge in [0, 0.05) is 31.4 Å². The smallest absolute Gasteiger partial charge is 0.406 e. The molecular weight excluding hydrogens is 446 g/mol. The molecule has 2 amide bonds. The second kappa shape index (κ2) is 10.2. The van der Waals surface area contributed by atoms with Gasteiger partial charge in [-0.05, 0) is 54.3 Å². The van der Waals surface area contributed by atoms with Crippen LogP contribution in [0.1, 0.15) is 23.2 Å². The summed E-state index contributed by atoms with van der Waals surface area (Å²) in [6.07, 6.45) is -2.24. The lowest BCUT2D eigenvalue weighted by Crippen LogP contribution is -2.38. The van der Waals surface area contributed by atoms with Crippen molar-refractivity contribution in [3.8, 4) is 5.75 Å². The number of pyridine rings is 1. The van der Waals surface area contributed by atoms with E-state index in [0.717, 1.165) is 6.07 Å². The molecule has 1 aromatic carbocycles. The number of ether oxygens (including phenoxy) is 1. The molecular formula is C22H23F4N3O4. The first-order valence-corrected chi connectivity index (χ1v) is 10.1. The Morgan fingerprint density at radius 1 is 1.33 bits per heavy atom.